The normalized spacial score (nSPS) is 14.6. The second-order valence-electron chi connectivity index (χ2n) is 6.75. The number of nitrogens with one attached hydrogen (secondary N) is 2. The summed E-state index contributed by atoms with van der Waals surface area (Å²) in [4.78, 5) is 14.5. The average molecular weight is 450 g/mol. The third-order valence-corrected chi connectivity index (χ3v) is 5.24. The molecule has 0 aliphatic carbocycles. The Morgan fingerprint density at radius 1 is 1.07 bits per heavy atom. The van der Waals surface area contributed by atoms with Crippen LogP contribution in [-0.2, 0) is 24.2 Å². The molecular weight excluding hydrogens is 425 g/mol. The van der Waals surface area contributed by atoms with E-state index in [9.17, 15) is 9.18 Å². The zero-order valence-electron chi connectivity index (χ0n) is 15.7. The lowest BCUT2D eigenvalue weighted by Crippen LogP contribution is -2.37. The van der Waals surface area contributed by atoms with Crippen molar-refractivity contribution in [2.24, 2.45) is 0 Å². The van der Waals surface area contributed by atoms with Gasteiger partial charge in [0.25, 0.3) is 0 Å². The molecule has 7 heteroatoms. The summed E-state index contributed by atoms with van der Waals surface area (Å²) in [5, 5.41) is 5.68. The summed E-state index contributed by atoms with van der Waals surface area (Å²) in [5.74, 6) is -0.262. The van der Waals surface area contributed by atoms with E-state index in [-0.39, 0.29) is 11.8 Å². The van der Waals surface area contributed by atoms with Crippen LogP contribution in [0.15, 0.2) is 46.9 Å². The number of hydrogen-bond donors (Lipinski definition) is 2. The summed E-state index contributed by atoms with van der Waals surface area (Å²) in [5.41, 5.74) is 2.88. The van der Waals surface area contributed by atoms with E-state index < -0.39 is 0 Å². The largest absolute Gasteiger partial charge is 0.379 e. The number of carbonyl (C=O) groups excluding carboxylic acids is 1. The molecule has 2 aromatic carbocycles. The third-order valence-electron chi connectivity index (χ3n) is 4.74. The van der Waals surface area contributed by atoms with Crippen molar-refractivity contribution in [1.29, 1.82) is 0 Å². The first-order valence-corrected chi connectivity index (χ1v) is 10.2. The van der Waals surface area contributed by atoms with E-state index in [0.717, 1.165) is 42.9 Å². The van der Waals surface area contributed by atoms with E-state index in [0.29, 0.717) is 25.1 Å². The second kappa shape index (κ2) is 10.5. The summed E-state index contributed by atoms with van der Waals surface area (Å²) in [6.45, 7) is 5.06. The molecule has 2 amide bonds. The molecule has 1 heterocycles. The Labute approximate surface area is 173 Å². The van der Waals surface area contributed by atoms with E-state index >= 15 is 0 Å². The predicted molar refractivity (Wildman–Crippen MR) is 111 cm³/mol. The highest BCUT2D eigenvalue weighted by Gasteiger charge is 2.13. The van der Waals surface area contributed by atoms with Crippen molar-refractivity contribution in [3.63, 3.8) is 0 Å². The summed E-state index contributed by atoms with van der Waals surface area (Å²) < 4.78 is 20.0. The molecule has 5 nitrogen and oxygen atoms in total. The minimum atomic E-state index is -0.262. The van der Waals surface area contributed by atoms with Gasteiger partial charge < -0.3 is 15.4 Å². The zero-order valence-corrected chi connectivity index (χ0v) is 17.3. The van der Waals surface area contributed by atoms with Crippen molar-refractivity contribution in [2.45, 2.75) is 19.5 Å². The van der Waals surface area contributed by atoms with Crippen LogP contribution in [0.1, 0.15) is 16.7 Å². The van der Waals surface area contributed by atoms with Crippen LogP contribution in [0, 0.1) is 5.82 Å². The van der Waals surface area contributed by atoms with E-state index in [4.69, 9.17) is 4.74 Å². The number of ether oxygens (including phenoxy) is 1. The van der Waals surface area contributed by atoms with Gasteiger partial charge in [0.05, 0.1) is 13.2 Å². The molecule has 0 spiro atoms. The maximum Gasteiger partial charge on any atom is 0.315 e. The van der Waals surface area contributed by atoms with Crippen molar-refractivity contribution in [2.75, 3.05) is 32.8 Å². The number of morpholine rings is 1. The third kappa shape index (κ3) is 6.29. The lowest BCUT2D eigenvalue weighted by molar-refractivity contribution is 0.0341. The van der Waals surface area contributed by atoms with Crippen LogP contribution in [-0.4, -0.2) is 43.8 Å². The van der Waals surface area contributed by atoms with Crippen molar-refractivity contribution in [1.82, 2.24) is 15.5 Å². The van der Waals surface area contributed by atoms with Crippen LogP contribution in [0.5, 0.6) is 0 Å². The number of halogens is 2. The fourth-order valence-corrected chi connectivity index (χ4v) is 3.58. The standard InChI is InChI=1S/C21H25BrFN3O2/c22-19-5-6-20(23)16(13-19)7-8-24-21(27)25-14-17-3-1-2-4-18(17)15-26-9-11-28-12-10-26/h1-6,13H,7-12,14-15H2,(H2,24,25,27). The van der Waals surface area contributed by atoms with E-state index in [2.05, 4.69) is 37.5 Å². The van der Waals surface area contributed by atoms with Gasteiger partial charge in [-0.1, -0.05) is 40.2 Å². The SMILES string of the molecule is O=C(NCCc1cc(Br)ccc1F)NCc1ccccc1CN1CCOCC1. The van der Waals surface area contributed by atoms with Gasteiger partial charge in [-0.15, -0.1) is 0 Å². The minimum absolute atomic E-state index is 0.253. The molecule has 0 bridgehead atoms. The highest BCUT2D eigenvalue weighted by Crippen LogP contribution is 2.16. The molecule has 0 radical (unpaired) electrons. The number of urea groups is 1. The van der Waals surface area contributed by atoms with Gasteiger partial charge >= 0.3 is 6.03 Å². The Morgan fingerprint density at radius 2 is 1.82 bits per heavy atom. The van der Waals surface area contributed by atoms with Crippen LogP contribution < -0.4 is 10.6 Å². The Hall–Kier alpha value is -1.96. The van der Waals surface area contributed by atoms with Crippen LogP contribution in [0.2, 0.25) is 0 Å². The number of amides is 2. The van der Waals surface area contributed by atoms with Gasteiger partial charge in [0.2, 0.25) is 0 Å². The minimum Gasteiger partial charge on any atom is -0.379 e. The molecule has 1 fully saturated rings. The van der Waals surface area contributed by atoms with Crippen LogP contribution in [0.4, 0.5) is 9.18 Å². The fourth-order valence-electron chi connectivity index (χ4n) is 3.17. The first-order valence-electron chi connectivity index (χ1n) is 9.44. The first kappa shape index (κ1) is 20.8. The highest BCUT2D eigenvalue weighted by atomic mass is 79.9. The monoisotopic (exact) mass is 449 g/mol. The quantitative estimate of drug-likeness (QED) is 0.680. The van der Waals surface area contributed by atoms with Gasteiger partial charge in [-0.05, 0) is 41.3 Å². The number of nitrogens with zero attached hydrogens (tertiary/aromatic N) is 1. The number of hydrogen-bond acceptors (Lipinski definition) is 3. The van der Waals surface area contributed by atoms with Crippen molar-refractivity contribution < 1.29 is 13.9 Å². The molecule has 1 aliphatic rings. The van der Waals surface area contributed by atoms with Gasteiger partial charge in [0, 0.05) is 37.2 Å². The molecule has 0 unspecified atom stereocenters. The topological polar surface area (TPSA) is 53.6 Å². The highest BCUT2D eigenvalue weighted by molar-refractivity contribution is 9.10. The van der Waals surface area contributed by atoms with Gasteiger partial charge in [-0.3, -0.25) is 4.90 Å². The lowest BCUT2D eigenvalue weighted by Gasteiger charge is -2.27. The van der Waals surface area contributed by atoms with E-state index in [1.807, 2.05) is 18.2 Å². The van der Waals surface area contributed by atoms with Gasteiger partial charge in [0.15, 0.2) is 0 Å². The molecule has 2 N–H and O–H groups in total. The summed E-state index contributed by atoms with van der Waals surface area (Å²) >= 11 is 3.33. The predicted octanol–water partition coefficient (Wildman–Crippen LogP) is 3.46. The second-order valence-corrected chi connectivity index (χ2v) is 7.67. The molecule has 150 valence electrons. The number of carbonyl (C=O) groups is 1. The Kier molecular flexibility index (Phi) is 7.82. The Balaban J connectivity index is 1.46. The zero-order chi connectivity index (χ0) is 19.8. The van der Waals surface area contributed by atoms with Crippen LogP contribution >= 0.6 is 15.9 Å². The summed E-state index contributed by atoms with van der Waals surface area (Å²) in [6.07, 6.45) is 0.437. The van der Waals surface area contributed by atoms with Gasteiger partial charge in [-0.25, -0.2) is 9.18 Å². The smallest absolute Gasteiger partial charge is 0.315 e. The lowest BCUT2D eigenvalue weighted by atomic mass is 10.1. The Morgan fingerprint density at radius 3 is 2.61 bits per heavy atom. The summed E-state index contributed by atoms with van der Waals surface area (Å²) in [7, 11) is 0. The maximum atomic E-state index is 13.7. The molecule has 0 atom stereocenters. The molecule has 0 saturated carbocycles. The molecule has 28 heavy (non-hydrogen) atoms. The van der Waals surface area contributed by atoms with Crippen molar-refractivity contribution in [3.8, 4) is 0 Å². The van der Waals surface area contributed by atoms with Crippen molar-refractivity contribution >= 4 is 22.0 Å². The Bertz CT molecular complexity index is 797. The molecule has 1 saturated heterocycles. The van der Waals surface area contributed by atoms with Crippen molar-refractivity contribution in [3.05, 3.63) is 69.4 Å². The number of rotatable bonds is 7. The maximum absolute atomic E-state index is 13.7. The number of benzene rings is 2. The first-order chi connectivity index (χ1) is 13.6. The average Bonchev–Trinajstić information content (AvgIpc) is 2.71. The van der Waals surface area contributed by atoms with E-state index in [1.54, 1.807) is 12.1 Å². The van der Waals surface area contributed by atoms with E-state index in [1.165, 1.54) is 11.6 Å². The molecule has 3 rings (SSSR count). The molecule has 1 aliphatic heterocycles. The van der Waals surface area contributed by atoms with Crippen LogP contribution in [0.25, 0.3) is 0 Å². The molecule has 0 aromatic heterocycles. The molecule has 2 aromatic rings. The van der Waals surface area contributed by atoms with Crippen LogP contribution in [0.3, 0.4) is 0 Å². The van der Waals surface area contributed by atoms with Gasteiger partial charge in [-0.2, -0.15) is 0 Å². The molecular formula is C21H25BrFN3O2. The summed E-state index contributed by atoms with van der Waals surface area (Å²) in [6, 6.07) is 12.7. The fraction of sp³-hybridized carbons (Fsp3) is 0.381. The van der Waals surface area contributed by atoms with Gasteiger partial charge in [0.1, 0.15) is 5.82 Å².